The van der Waals surface area contributed by atoms with Gasteiger partial charge in [-0.15, -0.1) is 0 Å². The van der Waals surface area contributed by atoms with Gasteiger partial charge in [-0.05, 0) is 12.1 Å². The van der Waals surface area contributed by atoms with Crippen LogP contribution in [-0.2, 0) is 14.4 Å². The van der Waals surface area contributed by atoms with Gasteiger partial charge in [0.15, 0.2) is 0 Å². The van der Waals surface area contributed by atoms with Crippen LogP contribution < -0.4 is 4.90 Å². The number of carbonyl (C=O) groups is 3. The molecule has 0 spiro atoms. The Morgan fingerprint density at radius 1 is 1.00 bits per heavy atom. The van der Waals surface area contributed by atoms with Gasteiger partial charge in [-0.25, -0.2) is 0 Å². The summed E-state index contributed by atoms with van der Waals surface area (Å²) in [6.45, 7) is 3.31. The Morgan fingerprint density at radius 2 is 1.58 bits per heavy atom. The highest BCUT2D eigenvalue weighted by Gasteiger charge is 2.53. The summed E-state index contributed by atoms with van der Waals surface area (Å²) < 4.78 is 0. The molecule has 0 radical (unpaired) electrons. The van der Waals surface area contributed by atoms with E-state index in [-0.39, 0.29) is 12.3 Å². The number of hydrogen-bond acceptors (Lipinski definition) is 4. The fraction of sp³-hybridized carbons (Fsp3) is 0.471. The number of amides is 3. The monoisotopic (exact) mass is 331 g/mol. The van der Waals surface area contributed by atoms with E-state index in [0.29, 0.717) is 38.4 Å². The maximum Gasteiger partial charge on any atom is 0.268 e. The second kappa shape index (κ2) is 6.24. The Kier molecular flexibility index (Phi) is 4.28. The van der Waals surface area contributed by atoms with Gasteiger partial charge >= 0.3 is 0 Å². The van der Waals surface area contributed by atoms with Crippen molar-refractivity contribution >= 4 is 23.4 Å². The fourth-order valence-corrected chi connectivity index (χ4v) is 3.24. The van der Waals surface area contributed by atoms with Gasteiger partial charge in [0.05, 0.1) is 0 Å². The van der Waals surface area contributed by atoms with Crippen LogP contribution in [0.2, 0.25) is 0 Å². The van der Waals surface area contributed by atoms with Gasteiger partial charge in [-0.2, -0.15) is 0 Å². The lowest BCUT2D eigenvalue weighted by Crippen LogP contribution is -2.59. The molecule has 24 heavy (non-hydrogen) atoms. The molecule has 2 fully saturated rings. The molecule has 7 heteroatoms. The molecular formula is C17H21N3O4. The molecule has 0 bridgehead atoms. The molecule has 1 aromatic carbocycles. The fourth-order valence-electron chi connectivity index (χ4n) is 3.24. The van der Waals surface area contributed by atoms with E-state index in [4.69, 9.17) is 0 Å². The highest BCUT2D eigenvalue weighted by Crippen LogP contribution is 2.30. The van der Waals surface area contributed by atoms with Crippen LogP contribution in [0.15, 0.2) is 30.3 Å². The van der Waals surface area contributed by atoms with E-state index in [2.05, 4.69) is 0 Å². The molecule has 3 rings (SSSR count). The van der Waals surface area contributed by atoms with Crippen LogP contribution in [0, 0.1) is 0 Å². The summed E-state index contributed by atoms with van der Waals surface area (Å²) in [6, 6.07) is 9.01. The number of hydrogen-bond donors (Lipinski definition) is 1. The third-order valence-electron chi connectivity index (χ3n) is 4.73. The van der Waals surface area contributed by atoms with E-state index in [1.54, 1.807) is 17.0 Å². The minimum Gasteiger partial charge on any atom is -0.372 e. The maximum absolute atomic E-state index is 12.7. The van der Waals surface area contributed by atoms with Crippen LogP contribution in [0.1, 0.15) is 13.3 Å². The summed E-state index contributed by atoms with van der Waals surface area (Å²) in [5.41, 5.74) is -1.33. The Bertz CT molecular complexity index is 655. The number of carbonyl (C=O) groups excluding carboxylic acids is 3. The SMILES string of the molecule is CC(=O)N1CCN(C(=O)C2(O)CCN(c3ccccc3)C2=O)CC1. The Balaban J connectivity index is 1.71. The van der Waals surface area contributed by atoms with Crippen molar-refractivity contribution in [2.75, 3.05) is 37.6 Å². The van der Waals surface area contributed by atoms with Gasteiger partial charge in [0.2, 0.25) is 11.5 Å². The van der Waals surface area contributed by atoms with Gasteiger partial charge < -0.3 is 19.8 Å². The first-order valence-electron chi connectivity index (χ1n) is 8.08. The molecule has 2 saturated heterocycles. The van der Waals surface area contributed by atoms with Gasteiger partial charge in [-0.3, -0.25) is 14.4 Å². The molecule has 0 aliphatic carbocycles. The lowest BCUT2D eigenvalue weighted by atomic mass is 10.00. The standard InChI is InChI=1S/C17H21N3O4/c1-13(21)18-9-11-19(12-10-18)15(22)17(24)7-8-20(16(17)23)14-5-3-2-4-6-14/h2-6,24H,7-12H2,1H3. The molecule has 1 atom stereocenters. The summed E-state index contributed by atoms with van der Waals surface area (Å²) in [4.78, 5) is 41.3. The molecule has 0 aromatic heterocycles. The van der Waals surface area contributed by atoms with E-state index in [0.717, 1.165) is 0 Å². The van der Waals surface area contributed by atoms with Crippen molar-refractivity contribution in [1.82, 2.24) is 9.80 Å². The van der Waals surface area contributed by atoms with Crippen molar-refractivity contribution in [3.05, 3.63) is 30.3 Å². The number of piperazine rings is 1. The molecule has 2 aliphatic heterocycles. The summed E-state index contributed by atoms with van der Waals surface area (Å²) in [5, 5.41) is 10.7. The van der Waals surface area contributed by atoms with Crippen LogP contribution in [0.5, 0.6) is 0 Å². The van der Waals surface area contributed by atoms with Gasteiger partial charge in [0.25, 0.3) is 11.8 Å². The van der Waals surface area contributed by atoms with Gasteiger partial charge in [0.1, 0.15) is 0 Å². The quantitative estimate of drug-likeness (QED) is 0.764. The molecule has 1 N–H and O–H groups in total. The van der Waals surface area contributed by atoms with E-state index < -0.39 is 17.4 Å². The highest BCUT2D eigenvalue weighted by atomic mass is 16.3. The minimum absolute atomic E-state index is 0.0343. The summed E-state index contributed by atoms with van der Waals surface area (Å²) >= 11 is 0. The first-order chi connectivity index (χ1) is 11.4. The first kappa shape index (κ1) is 16.4. The molecule has 7 nitrogen and oxygen atoms in total. The molecule has 3 amide bonds. The normalized spacial score (nSPS) is 24.4. The van der Waals surface area contributed by atoms with Crippen LogP contribution >= 0.6 is 0 Å². The Hall–Kier alpha value is -2.41. The van der Waals surface area contributed by atoms with Crippen molar-refractivity contribution in [2.24, 2.45) is 0 Å². The second-order valence-corrected chi connectivity index (χ2v) is 6.20. The van der Waals surface area contributed by atoms with Crippen LogP contribution in [-0.4, -0.2) is 71.0 Å². The lowest BCUT2D eigenvalue weighted by molar-refractivity contribution is -0.159. The third-order valence-corrected chi connectivity index (χ3v) is 4.73. The van der Waals surface area contributed by atoms with Gasteiger partial charge in [0, 0.05) is 51.8 Å². The van der Waals surface area contributed by atoms with Gasteiger partial charge in [-0.1, -0.05) is 18.2 Å². The van der Waals surface area contributed by atoms with Crippen molar-refractivity contribution in [3.8, 4) is 0 Å². The summed E-state index contributed by atoms with van der Waals surface area (Å²) in [6.07, 6.45) is 0.0759. The minimum atomic E-state index is -2.01. The average Bonchev–Trinajstić information content (AvgIpc) is 2.91. The number of nitrogens with zero attached hydrogens (tertiary/aromatic N) is 3. The second-order valence-electron chi connectivity index (χ2n) is 6.20. The van der Waals surface area contributed by atoms with Crippen molar-refractivity contribution in [1.29, 1.82) is 0 Å². The van der Waals surface area contributed by atoms with Crippen molar-refractivity contribution in [3.63, 3.8) is 0 Å². The van der Waals surface area contributed by atoms with Crippen LogP contribution in [0.3, 0.4) is 0 Å². The number of anilines is 1. The van der Waals surface area contributed by atoms with E-state index >= 15 is 0 Å². The van der Waals surface area contributed by atoms with E-state index in [1.807, 2.05) is 18.2 Å². The summed E-state index contributed by atoms with van der Waals surface area (Å²) in [7, 11) is 0. The predicted molar refractivity (Wildman–Crippen MR) is 87.2 cm³/mol. The molecule has 128 valence electrons. The third kappa shape index (κ3) is 2.75. The Morgan fingerprint density at radius 3 is 2.17 bits per heavy atom. The van der Waals surface area contributed by atoms with E-state index in [1.165, 1.54) is 16.7 Å². The number of aliphatic hydroxyl groups is 1. The first-order valence-corrected chi connectivity index (χ1v) is 8.08. The molecule has 0 saturated carbocycles. The number of para-hydroxylation sites is 1. The smallest absolute Gasteiger partial charge is 0.268 e. The molecular weight excluding hydrogens is 310 g/mol. The predicted octanol–water partition coefficient (Wildman–Crippen LogP) is -0.155. The zero-order chi connectivity index (χ0) is 17.3. The molecule has 2 aliphatic rings. The molecule has 2 heterocycles. The molecule has 1 unspecified atom stereocenters. The summed E-state index contributed by atoms with van der Waals surface area (Å²) in [5.74, 6) is -1.17. The molecule has 1 aromatic rings. The Labute approximate surface area is 140 Å². The van der Waals surface area contributed by atoms with E-state index in [9.17, 15) is 19.5 Å². The lowest BCUT2D eigenvalue weighted by Gasteiger charge is -2.37. The maximum atomic E-state index is 12.7. The van der Waals surface area contributed by atoms with Crippen molar-refractivity contribution in [2.45, 2.75) is 18.9 Å². The van der Waals surface area contributed by atoms with Crippen molar-refractivity contribution < 1.29 is 19.5 Å². The highest BCUT2D eigenvalue weighted by molar-refractivity contribution is 6.16. The topological polar surface area (TPSA) is 81.2 Å². The van der Waals surface area contributed by atoms with Crippen LogP contribution in [0.4, 0.5) is 5.69 Å². The average molecular weight is 331 g/mol. The zero-order valence-corrected chi connectivity index (χ0v) is 13.6. The number of benzene rings is 1. The zero-order valence-electron chi connectivity index (χ0n) is 13.6. The van der Waals surface area contributed by atoms with Crippen LogP contribution in [0.25, 0.3) is 0 Å². The largest absolute Gasteiger partial charge is 0.372 e. The number of rotatable bonds is 2.